The van der Waals surface area contributed by atoms with E-state index in [9.17, 15) is 18.8 Å². The van der Waals surface area contributed by atoms with Gasteiger partial charge in [0.2, 0.25) is 5.91 Å². The van der Waals surface area contributed by atoms with Crippen LogP contribution in [0.5, 0.6) is 0 Å². The minimum Gasteiger partial charge on any atom is -0.341 e. The van der Waals surface area contributed by atoms with Crippen molar-refractivity contribution in [1.29, 1.82) is 0 Å². The van der Waals surface area contributed by atoms with Gasteiger partial charge >= 0.3 is 0 Å². The molecule has 1 heterocycles. The van der Waals surface area contributed by atoms with E-state index < -0.39 is 5.82 Å². The van der Waals surface area contributed by atoms with Crippen LogP contribution in [0.4, 0.5) is 4.39 Å². The van der Waals surface area contributed by atoms with Crippen LogP contribution < -0.4 is 0 Å². The average molecular weight is 410 g/mol. The van der Waals surface area contributed by atoms with Gasteiger partial charge in [0, 0.05) is 44.6 Å². The molecule has 0 saturated carbocycles. The molecule has 1 aliphatic rings. The van der Waals surface area contributed by atoms with Crippen molar-refractivity contribution in [3.8, 4) is 0 Å². The van der Waals surface area contributed by atoms with Crippen LogP contribution >= 0.6 is 0 Å². The van der Waals surface area contributed by atoms with Crippen molar-refractivity contribution >= 4 is 17.6 Å². The van der Waals surface area contributed by atoms with Crippen LogP contribution in [0, 0.1) is 19.7 Å². The molecule has 0 bridgehead atoms. The Morgan fingerprint density at radius 1 is 0.867 bits per heavy atom. The fourth-order valence-electron chi connectivity index (χ4n) is 3.61. The summed E-state index contributed by atoms with van der Waals surface area (Å²) in [6, 6.07) is 11.5. The predicted octanol–water partition coefficient (Wildman–Crippen LogP) is 3.78. The first-order valence-electron chi connectivity index (χ1n) is 10.3. The van der Waals surface area contributed by atoms with Crippen LogP contribution in [-0.4, -0.2) is 53.6 Å². The number of rotatable bonds is 5. The van der Waals surface area contributed by atoms with Gasteiger partial charge in [0.05, 0.1) is 5.56 Å². The Balaban J connectivity index is 1.54. The zero-order valence-corrected chi connectivity index (χ0v) is 17.5. The molecule has 0 spiro atoms. The molecule has 2 aromatic rings. The molecule has 0 aromatic heterocycles. The lowest BCUT2D eigenvalue weighted by Gasteiger charge is -2.22. The number of amides is 2. The quantitative estimate of drug-likeness (QED) is 0.705. The molecule has 0 unspecified atom stereocenters. The number of hydrogen-bond donors (Lipinski definition) is 0. The van der Waals surface area contributed by atoms with E-state index in [4.69, 9.17) is 0 Å². The van der Waals surface area contributed by atoms with Gasteiger partial charge in [-0.05, 0) is 49.6 Å². The first-order valence-corrected chi connectivity index (χ1v) is 10.3. The second-order valence-corrected chi connectivity index (χ2v) is 7.73. The molecule has 0 aliphatic carbocycles. The van der Waals surface area contributed by atoms with E-state index in [1.54, 1.807) is 28.0 Å². The van der Waals surface area contributed by atoms with Crippen molar-refractivity contribution in [3.63, 3.8) is 0 Å². The summed E-state index contributed by atoms with van der Waals surface area (Å²) in [5.41, 5.74) is 2.86. The van der Waals surface area contributed by atoms with Gasteiger partial charge in [-0.3, -0.25) is 14.4 Å². The highest BCUT2D eigenvalue weighted by atomic mass is 19.1. The summed E-state index contributed by atoms with van der Waals surface area (Å²) in [6.07, 6.45) is 0.930. The van der Waals surface area contributed by atoms with Crippen molar-refractivity contribution in [1.82, 2.24) is 9.80 Å². The maximum atomic E-state index is 13.9. The lowest BCUT2D eigenvalue weighted by atomic mass is 10.0. The Bertz CT molecular complexity index is 957. The normalized spacial score (nSPS) is 14.4. The second kappa shape index (κ2) is 9.65. The number of halogens is 1. The van der Waals surface area contributed by atoms with E-state index in [2.05, 4.69) is 0 Å². The van der Waals surface area contributed by atoms with Crippen molar-refractivity contribution in [2.24, 2.45) is 0 Å². The minimum atomic E-state index is -0.537. The number of hydrogen-bond acceptors (Lipinski definition) is 3. The number of Topliss-reactive ketones (excluding diaryl/α,β-unsaturated/α-hetero) is 1. The van der Waals surface area contributed by atoms with Crippen molar-refractivity contribution in [2.45, 2.75) is 33.1 Å². The van der Waals surface area contributed by atoms with Crippen LogP contribution in [0.15, 0.2) is 42.5 Å². The van der Waals surface area contributed by atoms with E-state index in [-0.39, 0.29) is 36.0 Å². The molecule has 1 fully saturated rings. The Hall–Kier alpha value is -3.02. The smallest absolute Gasteiger partial charge is 0.256 e. The molecule has 1 aliphatic heterocycles. The summed E-state index contributed by atoms with van der Waals surface area (Å²) in [4.78, 5) is 40.9. The maximum Gasteiger partial charge on any atom is 0.256 e. The number of nitrogens with zero attached hydrogens (tertiary/aromatic N) is 2. The van der Waals surface area contributed by atoms with Gasteiger partial charge in [-0.25, -0.2) is 4.39 Å². The largest absolute Gasteiger partial charge is 0.341 e. The number of carbonyl (C=O) groups is 3. The van der Waals surface area contributed by atoms with Crippen LogP contribution in [-0.2, 0) is 4.79 Å². The van der Waals surface area contributed by atoms with Crippen LogP contribution in [0.25, 0.3) is 0 Å². The molecule has 6 heteroatoms. The average Bonchev–Trinajstić information content (AvgIpc) is 3.00. The van der Waals surface area contributed by atoms with Crippen LogP contribution in [0.2, 0.25) is 0 Å². The second-order valence-electron chi connectivity index (χ2n) is 7.73. The Morgan fingerprint density at radius 3 is 2.30 bits per heavy atom. The minimum absolute atomic E-state index is 0.0439. The maximum absolute atomic E-state index is 13.9. The molecular weight excluding hydrogens is 383 g/mol. The van der Waals surface area contributed by atoms with Gasteiger partial charge in [0.1, 0.15) is 5.82 Å². The molecule has 0 N–H and O–H groups in total. The topological polar surface area (TPSA) is 57.7 Å². The van der Waals surface area contributed by atoms with E-state index in [1.807, 2.05) is 26.0 Å². The summed E-state index contributed by atoms with van der Waals surface area (Å²) in [5, 5.41) is 0. The van der Waals surface area contributed by atoms with Crippen LogP contribution in [0.1, 0.15) is 51.1 Å². The first-order chi connectivity index (χ1) is 14.4. The molecule has 2 aromatic carbocycles. The molecule has 1 saturated heterocycles. The predicted molar refractivity (Wildman–Crippen MR) is 113 cm³/mol. The van der Waals surface area contributed by atoms with Gasteiger partial charge in [0.25, 0.3) is 5.91 Å². The van der Waals surface area contributed by atoms with Gasteiger partial charge in [0.15, 0.2) is 5.78 Å². The third-order valence-corrected chi connectivity index (χ3v) is 5.63. The zero-order chi connectivity index (χ0) is 21.7. The van der Waals surface area contributed by atoms with E-state index in [0.717, 1.165) is 11.1 Å². The van der Waals surface area contributed by atoms with Crippen molar-refractivity contribution < 1.29 is 18.8 Å². The third-order valence-electron chi connectivity index (χ3n) is 5.63. The molecule has 0 atom stereocenters. The lowest BCUT2D eigenvalue weighted by molar-refractivity contribution is -0.131. The van der Waals surface area contributed by atoms with Gasteiger partial charge in [-0.15, -0.1) is 0 Å². The highest BCUT2D eigenvalue weighted by Crippen LogP contribution is 2.15. The highest BCUT2D eigenvalue weighted by Gasteiger charge is 2.24. The Morgan fingerprint density at radius 2 is 1.57 bits per heavy atom. The van der Waals surface area contributed by atoms with Gasteiger partial charge < -0.3 is 9.80 Å². The number of ketones is 1. The van der Waals surface area contributed by atoms with E-state index >= 15 is 0 Å². The number of aryl methyl sites for hydroxylation is 2. The monoisotopic (exact) mass is 410 g/mol. The fraction of sp³-hybridized carbons (Fsp3) is 0.375. The summed E-state index contributed by atoms with van der Waals surface area (Å²) in [7, 11) is 0. The third kappa shape index (κ3) is 5.12. The van der Waals surface area contributed by atoms with E-state index in [1.165, 1.54) is 12.1 Å². The van der Waals surface area contributed by atoms with Crippen LogP contribution in [0.3, 0.4) is 0 Å². The number of carbonyl (C=O) groups excluding carboxylic acids is 3. The molecule has 3 rings (SSSR count). The molecule has 158 valence electrons. The standard InChI is InChI=1S/C24H27FN2O3/c1-17-8-9-19(16-18(17)2)22(28)10-11-23(29)26-12-5-13-27(15-14-26)24(30)20-6-3-4-7-21(20)25/h3-4,6-9,16H,5,10-15H2,1-2H3. The molecule has 30 heavy (non-hydrogen) atoms. The highest BCUT2D eigenvalue weighted by molar-refractivity contribution is 5.98. The van der Waals surface area contributed by atoms with Crippen molar-refractivity contribution in [3.05, 3.63) is 70.5 Å². The molecule has 2 amide bonds. The summed E-state index contributed by atoms with van der Waals surface area (Å²) in [5.74, 6) is -1.03. The van der Waals surface area contributed by atoms with Crippen molar-refractivity contribution in [2.75, 3.05) is 26.2 Å². The Labute approximate surface area is 176 Å². The van der Waals surface area contributed by atoms with E-state index in [0.29, 0.717) is 38.2 Å². The molecular formula is C24H27FN2O3. The summed E-state index contributed by atoms with van der Waals surface area (Å²) >= 11 is 0. The van der Waals surface area contributed by atoms with Gasteiger partial charge in [-0.1, -0.05) is 24.3 Å². The zero-order valence-electron chi connectivity index (χ0n) is 17.5. The number of benzene rings is 2. The molecule has 0 radical (unpaired) electrons. The summed E-state index contributed by atoms with van der Waals surface area (Å²) < 4.78 is 13.9. The van der Waals surface area contributed by atoms with Gasteiger partial charge in [-0.2, -0.15) is 0 Å². The fourth-order valence-corrected chi connectivity index (χ4v) is 3.61. The summed E-state index contributed by atoms with van der Waals surface area (Å²) in [6.45, 7) is 5.69. The SMILES string of the molecule is Cc1ccc(C(=O)CCC(=O)N2CCCN(C(=O)c3ccccc3F)CC2)cc1C. The molecule has 5 nitrogen and oxygen atoms in total. The first kappa shape index (κ1) is 21.7. The lowest BCUT2D eigenvalue weighted by Crippen LogP contribution is -2.37. The Kier molecular flexibility index (Phi) is 6.98.